The van der Waals surface area contributed by atoms with Crippen molar-refractivity contribution in [3.63, 3.8) is 0 Å². The predicted molar refractivity (Wildman–Crippen MR) is 80.4 cm³/mol. The third-order valence-corrected chi connectivity index (χ3v) is 4.01. The molecule has 20 heavy (non-hydrogen) atoms. The number of nitrogens with zero attached hydrogens (tertiary/aromatic N) is 4. The first kappa shape index (κ1) is 15.5. The minimum atomic E-state index is -0.209. The number of likely N-dealkylation sites (tertiary alicyclic amines) is 1. The maximum Gasteiger partial charge on any atom is 0.0639 e. The molecule has 2 heterocycles. The molecule has 5 heteroatoms. The maximum absolute atomic E-state index is 9.42. The van der Waals surface area contributed by atoms with E-state index in [-0.39, 0.29) is 6.10 Å². The molecule has 1 atom stereocenters. The van der Waals surface area contributed by atoms with E-state index >= 15 is 0 Å². The Morgan fingerprint density at radius 1 is 1.45 bits per heavy atom. The highest BCUT2D eigenvalue weighted by molar-refractivity contribution is 5.03. The van der Waals surface area contributed by atoms with Crippen LogP contribution in [0.3, 0.4) is 0 Å². The number of aromatic nitrogens is 2. The summed E-state index contributed by atoms with van der Waals surface area (Å²) in [4.78, 5) is 4.77. The molecule has 0 aliphatic carbocycles. The zero-order valence-corrected chi connectivity index (χ0v) is 13.0. The van der Waals surface area contributed by atoms with Crippen molar-refractivity contribution in [1.29, 1.82) is 0 Å². The van der Waals surface area contributed by atoms with Gasteiger partial charge in [0.05, 0.1) is 12.3 Å². The zero-order chi connectivity index (χ0) is 14.5. The van der Waals surface area contributed by atoms with E-state index in [9.17, 15) is 5.11 Å². The zero-order valence-electron chi connectivity index (χ0n) is 13.0. The van der Waals surface area contributed by atoms with Gasteiger partial charge in [-0.15, -0.1) is 0 Å². The topological polar surface area (TPSA) is 44.5 Å². The summed E-state index contributed by atoms with van der Waals surface area (Å²) in [5, 5.41) is 13.6. The minimum absolute atomic E-state index is 0.209. The van der Waals surface area contributed by atoms with Crippen LogP contribution in [-0.2, 0) is 13.6 Å². The fraction of sp³-hybridized carbons (Fsp3) is 0.800. The van der Waals surface area contributed by atoms with Gasteiger partial charge in [-0.2, -0.15) is 5.10 Å². The molecule has 1 fully saturated rings. The minimum Gasteiger partial charge on any atom is -0.392 e. The lowest BCUT2D eigenvalue weighted by Gasteiger charge is -2.34. The van der Waals surface area contributed by atoms with Crippen LogP contribution in [-0.4, -0.2) is 64.0 Å². The number of hydrogen-bond donors (Lipinski definition) is 1. The third kappa shape index (κ3) is 4.89. The molecule has 0 radical (unpaired) electrons. The number of piperidine rings is 1. The molecule has 0 aromatic carbocycles. The first-order chi connectivity index (χ1) is 9.52. The summed E-state index contributed by atoms with van der Waals surface area (Å²) in [7, 11) is 4.15. The van der Waals surface area contributed by atoms with Gasteiger partial charge in [0.1, 0.15) is 0 Å². The number of aryl methyl sites for hydroxylation is 1. The Bertz CT molecular complexity index is 396. The van der Waals surface area contributed by atoms with E-state index in [1.807, 2.05) is 24.9 Å². The van der Waals surface area contributed by atoms with E-state index in [1.165, 1.54) is 18.4 Å². The second kappa shape index (κ2) is 7.20. The smallest absolute Gasteiger partial charge is 0.0639 e. The quantitative estimate of drug-likeness (QED) is 0.842. The first-order valence-corrected chi connectivity index (χ1v) is 7.59. The van der Waals surface area contributed by atoms with Crippen molar-refractivity contribution >= 4 is 0 Å². The lowest BCUT2D eigenvalue weighted by Crippen LogP contribution is -2.40. The SMILES string of the molecule is C[C@@H](O)CN1CCC(CN(C)Cc2cnn(C)c2)CC1. The summed E-state index contributed by atoms with van der Waals surface area (Å²) >= 11 is 0. The van der Waals surface area contributed by atoms with Crippen LogP contribution in [0, 0.1) is 5.92 Å². The average molecular weight is 280 g/mol. The second-order valence-corrected chi connectivity index (χ2v) is 6.31. The van der Waals surface area contributed by atoms with Gasteiger partial charge >= 0.3 is 0 Å². The number of rotatable bonds is 6. The Morgan fingerprint density at radius 3 is 2.70 bits per heavy atom. The van der Waals surface area contributed by atoms with Crippen LogP contribution in [0.15, 0.2) is 12.4 Å². The lowest BCUT2D eigenvalue weighted by molar-refractivity contribution is 0.0919. The Kier molecular flexibility index (Phi) is 5.57. The van der Waals surface area contributed by atoms with E-state index in [4.69, 9.17) is 0 Å². The summed E-state index contributed by atoms with van der Waals surface area (Å²) in [6, 6.07) is 0. The van der Waals surface area contributed by atoms with Crippen molar-refractivity contribution in [3.8, 4) is 0 Å². The largest absolute Gasteiger partial charge is 0.392 e. The lowest BCUT2D eigenvalue weighted by atomic mass is 9.96. The molecule has 1 aromatic rings. The van der Waals surface area contributed by atoms with Crippen molar-refractivity contribution in [2.75, 3.05) is 33.2 Å². The summed E-state index contributed by atoms with van der Waals surface area (Å²) in [5.74, 6) is 0.780. The highest BCUT2D eigenvalue weighted by Crippen LogP contribution is 2.18. The highest BCUT2D eigenvalue weighted by Gasteiger charge is 2.21. The van der Waals surface area contributed by atoms with Crippen molar-refractivity contribution in [1.82, 2.24) is 19.6 Å². The van der Waals surface area contributed by atoms with E-state index in [0.29, 0.717) is 0 Å². The summed E-state index contributed by atoms with van der Waals surface area (Å²) < 4.78 is 1.86. The second-order valence-electron chi connectivity index (χ2n) is 6.31. The summed E-state index contributed by atoms with van der Waals surface area (Å²) in [6.07, 6.45) is 6.30. The van der Waals surface area contributed by atoms with E-state index < -0.39 is 0 Å². The van der Waals surface area contributed by atoms with Gasteiger partial charge in [0.2, 0.25) is 0 Å². The van der Waals surface area contributed by atoms with Crippen molar-refractivity contribution in [3.05, 3.63) is 18.0 Å². The predicted octanol–water partition coefficient (Wildman–Crippen LogP) is 0.945. The van der Waals surface area contributed by atoms with Crippen LogP contribution in [0.5, 0.6) is 0 Å². The van der Waals surface area contributed by atoms with Crippen molar-refractivity contribution in [2.24, 2.45) is 13.0 Å². The molecule has 5 nitrogen and oxygen atoms in total. The Hall–Kier alpha value is -0.910. The number of aliphatic hydroxyl groups excluding tert-OH is 1. The molecule has 0 unspecified atom stereocenters. The van der Waals surface area contributed by atoms with Crippen LogP contribution in [0.2, 0.25) is 0 Å². The summed E-state index contributed by atoms with van der Waals surface area (Å²) in [6.45, 7) is 7.05. The van der Waals surface area contributed by atoms with E-state index in [0.717, 1.165) is 38.6 Å². The van der Waals surface area contributed by atoms with Gasteiger partial charge in [-0.3, -0.25) is 4.68 Å². The molecule has 0 spiro atoms. The van der Waals surface area contributed by atoms with Crippen LogP contribution in [0.25, 0.3) is 0 Å². The van der Waals surface area contributed by atoms with Gasteiger partial charge in [0.15, 0.2) is 0 Å². The van der Waals surface area contributed by atoms with Crippen LogP contribution in [0.4, 0.5) is 0 Å². The van der Waals surface area contributed by atoms with Gasteiger partial charge < -0.3 is 14.9 Å². The highest BCUT2D eigenvalue weighted by atomic mass is 16.3. The molecule has 1 saturated heterocycles. The number of β-amino-alcohol motifs (C(OH)–C–C–N with tert-alkyl or cyclic N) is 1. The molecule has 1 aliphatic rings. The fourth-order valence-electron chi connectivity index (χ4n) is 3.10. The van der Waals surface area contributed by atoms with E-state index in [2.05, 4.69) is 28.1 Å². The van der Waals surface area contributed by atoms with Gasteiger partial charge in [0, 0.05) is 38.4 Å². The van der Waals surface area contributed by atoms with E-state index in [1.54, 1.807) is 0 Å². The standard InChI is InChI=1S/C15H28N4O/c1-13(20)9-19-6-4-14(5-7-19)10-17(2)11-15-8-16-18(3)12-15/h8,12-14,20H,4-7,9-11H2,1-3H3/t13-/m1/s1. The maximum atomic E-state index is 9.42. The molecule has 114 valence electrons. The van der Waals surface area contributed by atoms with Crippen LogP contribution in [0.1, 0.15) is 25.3 Å². The van der Waals surface area contributed by atoms with Gasteiger partial charge in [0.25, 0.3) is 0 Å². The molecule has 2 rings (SSSR count). The summed E-state index contributed by atoms with van der Waals surface area (Å²) in [5.41, 5.74) is 1.28. The molecule has 1 aliphatic heterocycles. The van der Waals surface area contributed by atoms with Crippen LogP contribution >= 0.6 is 0 Å². The molecule has 1 aromatic heterocycles. The normalized spacial score (nSPS) is 19.6. The molecular weight excluding hydrogens is 252 g/mol. The van der Waals surface area contributed by atoms with Gasteiger partial charge in [-0.05, 0) is 45.8 Å². The molecule has 0 amide bonds. The van der Waals surface area contributed by atoms with Crippen molar-refractivity contribution in [2.45, 2.75) is 32.4 Å². The number of hydrogen-bond acceptors (Lipinski definition) is 4. The molecule has 0 bridgehead atoms. The number of aliphatic hydroxyl groups is 1. The molecule has 0 saturated carbocycles. The van der Waals surface area contributed by atoms with Crippen molar-refractivity contribution < 1.29 is 5.11 Å². The fourth-order valence-corrected chi connectivity index (χ4v) is 3.10. The monoisotopic (exact) mass is 280 g/mol. The first-order valence-electron chi connectivity index (χ1n) is 7.59. The van der Waals surface area contributed by atoms with Crippen LogP contribution < -0.4 is 0 Å². The Labute approximate surface area is 122 Å². The van der Waals surface area contributed by atoms with Gasteiger partial charge in [-0.25, -0.2) is 0 Å². The average Bonchev–Trinajstić information content (AvgIpc) is 2.76. The Balaban J connectivity index is 1.69. The molecule has 1 N–H and O–H groups in total. The third-order valence-electron chi connectivity index (χ3n) is 4.01. The van der Waals surface area contributed by atoms with Gasteiger partial charge in [-0.1, -0.05) is 0 Å². The molecular formula is C15H28N4O. The Morgan fingerprint density at radius 2 is 2.15 bits per heavy atom.